The Bertz CT molecular complexity index is 246. The van der Waals surface area contributed by atoms with Gasteiger partial charge in [-0.1, -0.05) is 6.92 Å². The first-order chi connectivity index (χ1) is 6.13. The number of aliphatic carboxylic acids is 1. The topological polar surface area (TPSA) is 92.4 Å². The molecule has 0 aromatic heterocycles. The molecule has 0 saturated carbocycles. The van der Waals surface area contributed by atoms with Gasteiger partial charge in [-0.15, -0.1) is 0 Å². The fourth-order valence-electron chi connectivity index (χ4n) is 0.641. The molecule has 0 unspecified atom stereocenters. The van der Waals surface area contributed by atoms with E-state index in [0.717, 1.165) is 0 Å². The number of carbonyl (C=O) groups excluding carboxylic acids is 1. The molecule has 0 aromatic carbocycles. The number of hydrogen-bond acceptors (Lipinski definition) is 3. The number of amides is 1. The third-order valence-corrected chi connectivity index (χ3v) is 2.21. The van der Waals surface area contributed by atoms with Gasteiger partial charge in [0.15, 0.2) is 0 Å². The maximum atomic E-state index is 11.5. The van der Waals surface area contributed by atoms with Crippen molar-refractivity contribution in [3.63, 3.8) is 0 Å². The highest BCUT2D eigenvalue weighted by Crippen LogP contribution is 2.09. The quantitative estimate of drug-likeness (QED) is 0.602. The van der Waals surface area contributed by atoms with Gasteiger partial charge < -0.3 is 16.2 Å². The molecule has 0 aliphatic heterocycles. The Hall–Kier alpha value is -1.10. The van der Waals surface area contributed by atoms with E-state index in [0.29, 0.717) is 6.42 Å². The average molecular weight is 202 g/mol. The Balaban J connectivity index is 4.56. The van der Waals surface area contributed by atoms with Gasteiger partial charge in [0.2, 0.25) is 5.91 Å². The molecule has 4 N–H and O–H groups in total. The first-order valence-electron chi connectivity index (χ1n) is 4.48. The molecule has 0 aliphatic carbocycles. The van der Waals surface area contributed by atoms with Crippen LogP contribution >= 0.6 is 0 Å². The van der Waals surface area contributed by atoms with Crippen LogP contribution in [0.25, 0.3) is 0 Å². The monoisotopic (exact) mass is 202 g/mol. The SMILES string of the molecule is CC[C@](C)(N)C(=O)NC(C)(C)C(=O)O. The standard InChI is InChI=1S/C9H18N2O3/c1-5-9(4,10)6(12)11-8(2,3)7(13)14/h5,10H2,1-4H3,(H,11,12)(H,13,14)/t9-/m0/s1. The van der Waals surface area contributed by atoms with Gasteiger partial charge in [-0.2, -0.15) is 0 Å². The maximum Gasteiger partial charge on any atom is 0.328 e. The Morgan fingerprint density at radius 2 is 1.79 bits per heavy atom. The van der Waals surface area contributed by atoms with Crippen LogP contribution in [0.2, 0.25) is 0 Å². The van der Waals surface area contributed by atoms with Crippen LogP contribution in [0.4, 0.5) is 0 Å². The van der Waals surface area contributed by atoms with Crippen molar-refractivity contribution < 1.29 is 14.7 Å². The van der Waals surface area contributed by atoms with Crippen molar-refractivity contribution in [2.45, 2.75) is 45.2 Å². The van der Waals surface area contributed by atoms with Crippen LogP contribution in [-0.2, 0) is 9.59 Å². The molecule has 0 bridgehead atoms. The first-order valence-corrected chi connectivity index (χ1v) is 4.48. The molecule has 82 valence electrons. The number of nitrogens with two attached hydrogens (primary N) is 1. The van der Waals surface area contributed by atoms with E-state index in [1.807, 2.05) is 0 Å². The predicted molar refractivity (Wildman–Crippen MR) is 52.7 cm³/mol. The molecule has 0 saturated heterocycles. The molecule has 0 spiro atoms. The van der Waals surface area contributed by atoms with Crippen LogP contribution in [0.1, 0.15) is 34.1 Å². The molecule has 1 atom stereocenters. The lowest BCUT2D eigenvalue weighted by atomic mass is 9.96. The zero-order chi connectivity index (χ0) is 11.6. The predicted octanol–water partition coefficient (Wildman–Crippen LogP) is 0.0932. The summed E-state index contributed by atoms with van der Waals surface area (Å²) in [5.41, 5.74) is 3.36. The molecule has 0 aromatic rings. The number of carbonyl (C=O) groups is 2. The molecule has 0 aliphatic rings. The second kappa shape index (κ2) is 3.96. The number of carboxylic acid groups (broad SMARTS) is 1. The summed E-state index contributed by atoms with van der Waals surface area (Å²) in [5, 5.41) is 11.2. The highest BCUT2D eigenvalue weighted by molar-refractivity contribution is 5.91. The van der Waals surface area contributed by atoms with Crippen LogP contribution in [0.5, 0.6) is 0 Å². The number of nitrogens with one attached hydrogen (secondary N) is 1. The minimum atomic E-state index is -1.28. The fraction of sp³-hybridized carbons (Fsp3) is 0.778. The second-order valence-corrected chi connectivity index (χ2v) is 4.16. The van der Waals surface area contributed by atoms with Crippen LogP contribution in [0.15, 0.2) is 0 Å². The van der Waals surface area contributed by atoms with E-state index in [9.17, 15) is 9.59 Å². The zero-order valence-electron chi connectivity index (χ0n) is 9.05. The Morgan fingerprint density at radius 1 is 1.36 bits per heavy atom. The summed E-state index contributed by atoms with van der Waals surface area (Å²) in [6, 6.07) is 0. The van der Waals surface area contributed by atoms with E-state index < -0.39 is 23.0 Å². The summed E-state index contributed by atoms with van der Waals surface area (Å²) in [6.45, 7) is 6.17. The number of hydrogen-bond donors (Lipinski definition) is 3. The molecular formula is C9H18N2O3. The Labute approximate surface area is 83.7 Å². The molecule has 14 heavy (non-hydrogen) atoms. The minimum absolute atomic E-state index is 0.451. The van der Waals surface area contributed by atoms with Crippen molar-refractivity contribution in [2.75, 3.05) is 0 Å². The highest BCUT2D eigenvalue weighted by Gasteiger charge is 2.34. The van der Waals surface area contributed by atoms with Gasteiger partial charge >= 0.3 is 5.97 Å². The lowest BCUT2D eigenvalue weighted by Gasteiger charge is -2.28. The van der Waals surface area contributed by atoms with Gasteiger partial charge in [0.05, 0.1) is 5.54 Å². The van der Waals surface area contributed by atoms with Gasteiger partial charge in [-0.25, -0.2) is 4.79 Å². The van der Waals surface area contributed by atoms with E-state index >= 15 is 0 Å². The third kappa shape index (κ3) is 2.99. The van der Waals surface area contributed by atoms with Crippen LogP contribution < -0.4 is 11.1 Å². The van der Waals surface area contributed by atoms with Crippen molar-refractivity contribution in [1.82, 2.24) is 5.32 Å². The third-order valence-electron chi connectivity index (χ3n) is 2.21. The summed E-state index contributed by atoms with van der Waals surface area (Å²) in [6.07, 6.45) is 0.453. The Kier molecular flexibility index (Phi) is 3.65. The number of carboxylic acids is 1. The number of rotatable bonds is 4. The molecule has 5 nitrogen and oxygen atoms in total. The lowest BCUT2D eigenvalue weighted by molar-refractivity contribution is -0.146. The van der Waals surface area contributed by atoms with Crippen LogP contribution in [-0.4, -0.2) is 28.1 Å². The largest absolute Gasteiger partial charge is 0.480 e. The molecule has 5 heteroatoms. The van der Waals surface area contributed by atoms with Crippen molar-refractivity contribution >= 4 is 11.9 Å². The average Bonchev–Trinajstić information content (AvgIpc) is 2.03. The van der Waals surface area contributed by atoms with E-state index in [1.54, 1.807) is 13.8 Å². The van der Waals surface area contributed by atoms with Gasteiger partial charge in [-0.3, -0.25) is 4.79 Å². The van der Waals surface area contributed by atoms with E-state index in [4.69, 9.17) is 10.8 Å². The van der Waals surface area contributed by atoms with Gasteiger partial charge in [0.25, 0.3) is 0 Å². The molecule has 1 amide bonds. The fourth-order valence-corrected chi connectivity index (χ4v) is 0.641. The molecule has 0 fully saturated rings. The van der Waals surface area contributed by atoms with Crippen molar-refractivity contribution in [2.24, 2.45) is 5.73 Å². The minimum Gasteiger partial charge on any atom is -0.480 e. The first kappa shape index (κ1) is 12.9. The summed E-state index contributed by atoms with van der Waals surface area (Å²) in [7, 11) is 0. The molecule has 0 heterocycles. The highest BCUT2D eigenvalue weighted by atomic mass is 16.4. The zero-order valence-corrected chi connectivity index (χ0v) is 9.05. The van der Waals surface area contributed by atoms with Crippen LogP contribution in [0, 0.1) is 0 Å². The van der Waals surface area contributed by atoms with Crippen molar-refractivity contribution in [1.29, 1.82) is 0 Å². The van der Waals surface area contributed by atoms with Gasteiger partial charge in [-0.05, 0) is 27.2 Å². The van der Waals surface area contributed by atoms with Crippen molar-refractivity contribution in [3.8, 4) is 0 Å². The van der Waals surface area contributed by atoms with Gasteiger partial charge in [0.1, 0.15) is 5.54 Å². The van der Waals surface area contributed by atoms with E-state index in [2.05, 4.69) is 5.32 Å². The molecular weight excluding hydrogens is 184 g/mol. The molecule has 0 rings (SSSR count). The van der Waals surface area contributed by atoms with E-state index in [-0.39, 0.29) is 0 Å². The van der Waals surface area contributed by atoms with Crippen LogP contribution in [0.3, 0.4) is 0 Å². The maximum absolute atomic E-state index is 11.5. The summed E-state index contributed by atoms with van der Waals surface area (Å²) in [4.78, 5) is 22.2. The summed E-state index contributed by atoms with van der Waals surface area (Å²) in [5.74, 6) is -1.54. The van der Waals surface area contributed by atoms with Gasteiger partial charge in [0, 0.05) is 0 Å². The van der Waals surface area contributed by atoms with E-state index in [1.165, 1.54) is 13.8 Å². The van der Waals surface area contributed by atoms with Crippen molar-refractivity contribution in [3.05, 3.63) is 0 Å². The summed E-state index contributed by atoms with van der Waals surface area (Å²) < 4.78 is 0. The molecule has 0 radical (unpaired) electrons. The Morgan fingerprint density at radius 3 is 2.07 bits per heavy atom. The second-order valence-electron chi connectivity index (χ2n) is 4.16. The summed E-state index contributed by atoms with van der Waals surface area (Å²) >= 11 is 0. The lowest BCUT2D eigenvalue weighted by Crippen LogP contribution is -2.59. The smallest absolute Gasteiger partial charge is 0.328 e. The normalized spacial score (nSPS) is 15.8.